The van der Waals surface area contributed by atoms with Crippen molar-refractivity contribution in [2.24, 2.45) is 0 Å². The lowest BCUT2D eigenvalue weighted by atomic mass is 10.2. The Morgan fingerprint density at radius 1 is 1.00 bits per heavy atom. The highest BCUT2D eigenvalue weighted by Gasteiger charge is 2.24. The Labute approximate surface area is 183 Å². The average molecular weight is 439 g/mol. The summed E-state index contributed by atoms with van der Waals surface area (Å²) in [4.78, 5) is 47.9. The summed E-state index contributed by atoms with van der Waals surface area (Å²) in [6.07, 6.45) is 1.04. The Morgan fingerprint density at radius 3 is 2.53 bits per heavy atom. The molecule has 1 fully saturated rings. The summed E-state index contributed by atoms with van der Waals surface area (Å²) >= 11 is 0. The molecule has 2 aromatic rings. The van der Waals surface area contributed by atoms with Crippen LogP contribution in [0.15, 0.2) is 42.5 Å². The van der Waals surface area contributed by atoms with Gasteiger partial charge in [0.2, 0.25) is 11.8 Å². The number of nitrogens with one attached hydrogen (secondary N) is 2. The standard InChI is InChI=1S/C22H21N3O7/c26-19-8-9-21(28)25(24-19)16-5-2-14(3-6-16)22(29)32-13-20(27)23-15-4-7-17-18(12-15)31-11-1-10-30-17/h2-7,12H,1,8-11,13H2,(H,23,27)(H,24,26). The molecule has 2 N–H and O–H groups in total. The van der Waals surface area contributed by atoms with E-state index in [9.17, 15) is 19.2 Å². The number of esters is 1. The van der Waals surface area contributed by atoms with Gasteiger partial charge < -0.3 is 19.5 Å². The molecule has 0 aliphatic carbocycles. The molecule has 2 aliphatic heterocycles. The van der Waals surface area contributed by atoms with Crippen molar-refractivity contribution in [2.45, 2.75) is 19.3 Å². The summed E-state index contributed by atoms with van der Waals surface area (Å²) in [5.74, 6) is -0.550. The van der Waals surface area contributed by atoms with E-state index >= 15 is 0 Å². The molecule has 2 aliphatic rings. The monoisotopic (exact) mass is 439 g/mol. The molecule has 3 amide bonds. The highest BCUT2D eigenvalue weighted by atomic mass is 16.5. The van der Waals surface area contributed by atoms with Crippen LogP contribution >= 0.6 is 0 Å². The Bertz CT molecular complexity index is 1050. The Hall–Kier alpha value is -4.08. The summed E-state index contributed by atoms with van der Waals surface area (Å²) < 4.78 is 16.2. The van der Waals surface area contributed by atoms with Crippen molar-refractivity contribution >= 4 is 35.1 Å². The maximum absolute atomic E-state index is 12.2. The number of benzene rings is 2. The molecule has 0 saturated carbocycles. The molecule has 2 heterocycles. The van der Waals surface area contributed by atoms with E-state index in [4.69, 9.17) is 14.2 Å². The van der Waals surface area contributed by atoms with Gasteiger partial charge in [0.25, 0.3) is 5.91 Å². The van der Waals surface area contributed by atoms with E-state index < -0.39 is 18.5 Å². The summed E-state index contributed by atoms with van der Waals surface area (Å²) in [6, 6.07) is 11.0. The number of fused-ring (bicyclic) bond motifs is 1. The van der Waals surface area contributed by atoms with E-state index in [1.165, 1.54) is 24.3 Å². The van der Waals surface area contributed by atoms with Crippen LogP contribution in [0.1, 0.15) is 29.6 Å². The lowest BCUT2D eigenvalue weighted by Crippen LogP contribution is -2.50. The summed E-state index contributed by atoms with van der Waals surface area (Å²) in [5.41, 5.74) is 3.59. The fourth-order valence-corrected chi connectivity index (χ4v) is 3.18. The highest BCUT2D eigenvalue weighted by Crippen LogP contribution is 2.32. The second-order valence-electron chi connectivity index (χ2n) is 7.15. The van der Waals surface area contributed by atoms with Crippen molar-refractivity contribution in [3.05, 3.63) is 48.0 Å². The largest absolute Gasteiger partial charge is 0.490 e. The van der Waals surface area contributed by atoms with Gasteiger partial charge in [-0.05, 0) is 36.4 Å². The number of rotatable bonds is 5. The molecule has 10 heteroatoms. The lowest BCUT2D eigenvalue weighted by Gasteiger charge is -2.27. The maximum atomic E-state index is 12.2. The minimum absolute atomic E-state index is 0.119. The second-order valence-corrected chi connectivity index (χ2v) is 7.15. The zero-order valence-corrected chi connectivity index (χ0v) is 17.1. The van der Waals surface area contributed by atoms with Gasteiger partial charge in [0.05, 0.1) is 24.5 Å². The van der Waals surface area contributed by atoms with E-state index in [-0.39, 0.29) is 30.2 Å². The van der Waals surface area contributed by atoms with E-state index in [2.05, 4.69) is 10.7 Å². The molecular formula is C22H21N3O7. The smallest absolute Gasteiger partial charge is 0.338 e. The van der Waals surface area contributed by atoms with E-state index in [0.717, 1.165) is 11.4 Å². The van der Waals surface area contributed by atoms with Crippen LogP contribution in [-0.4, -0.2) is 43.5 Å². The van der Waals surface area contributed by atoms with Gasteiger partial charge in [-0.3, -0.25) is 19.8 Å². The number of hydrogen-bond acceptors (Lipinski definition) is 7. The third-order valence-electron chi connectivity index (χ3n) is 4.78. The molecule has 32 heavy (non-hydrogen) atoms. The number of hydrogen-bond donors (Lipinski definition) is 2. The molecule has 0 bridgehead atoms. The minimum Gasteiger partial charge on any atom is -0.490 e. The fraction of sp³-hybridized carbons (Fsp3) is 0.273. The van der Waals surface area contributed by atoms with Gasteiger partial charge in [0, 0.05) is 31.0 Å². The number of carbonyl (C=O) groups is 4. The fourth-order valence-electron chi connectivity index (χ4n) is 3.18. The molecule has 0 atom stereocenters. The first kappa shape index (κ1) is 21.2. The molecule has 2 aromatic carbocycles. The Balaban J connectivity index is 1.30. The van der Waals surface area contributed by atoms with Gasteiger partial charge in [-0.15, -0.1) is 0 Å². The SMILES string of the molecule is O=C(COC(=O)c1ccc(N2NC(=O)CCC2=O)cc1)Nc1ccc2c(c1)OCCCO2. The van der Waals surface area contributed by atoms with Crippen molar-refractivity contribution in [3.8, 4) is 11.5 Å². The number of ether oxygens (including phenoxy) is 3. The number of carbonyl (C=O) groups excluding carboxylic acids is 4. The first-order valence-corrected chi connectivity index (χ1v) is 10.1. The zero-order chi connectivity index (χ0) is 22.5. The van der Waals surface area contributed by atoms with Crippen molar-refractivity contribution in [1.29, 1.82) is 0 Å². The first-order valence-electron chi connectivity index (χ1n) is 10.1. The lowest BCUT2D eigenvalue weighted by molar-refractivity contribution is -0.130. The predicted molar refractivity (Wildman–Crippen MR) is 112 cm³/mol. The molecule has 0 unspecified atom stereocenters. The maximum Gasteiger partial charge on any atom is 0.338 e. The molecule has 166 valence electrons. The molecular weight excluding hydrogens is 418 g/mol. The van der Waals surface area contributed by atoms with Gasteiger partial charge in [-0.2, -0.15) is 0 Å². The summed E-state index contributed by atoms with van der Waals surface area (Å²) in [7, 11) is 0. The highest BCUT2D eigenvalue weighted by molar-refractivity contribution is 6.01. The van der Waals surface area contributed by atoms with Crippen LogP contribution in [0.3, 0.4) is 0 Å². The van der Waals surface area contributed by atoms with Crippen molar-refractivity contribution in [1.82, 2.24) is 5.43 Å². The van der Waals surface area contributed by atoms with Gasteiger partial charge in [-0.25, -0.2) is 9.80 Å². The quantitative estimate of drug-likeness (QED) is 0.681. The first-order chi connectivity index (χ1) is 15.5. The van der Waals surface area contributed by atoms with Crippen molar-refractivity contribution in [3.63, 3.8) is 0 Å². The topological polar surface area (TPSA) is 123 Å². The number of anilines is 2. The van der Waals surface area contributed by atoms with Crippen LogP contribution in [0.4, 0.5) is 11.4 Å². The van der Waals surface area contributed by atoms with Crippen LogP contribution in [0.5, 0.6) is 11.5 Å². The molecule has 0 radical (unpaired) electrons. The zero-order valence-electron chi connectivity index (χ0n) is 17.1. The van der Waals surface area contributed by atoms with Gasteiger partial charge in [0.15, 0.2) is 18.1 Å². The van der Waals surface area contributed by atoms with Crippen LogP contribution in [0, 0.1) is 0 Å². The normalized spacial score (nSPS) is 15.4. The molecule has 1 saturated heterocycles. The van der Waals surface area contributed by atoms with E-state index in [0.29, 0.717) is 36.1 Å². The Morgan fingerprint density at radius 2 is 1.75 bits per heavy atom. The van der Waals surface area contributed by atoms with E-state index in [1.54, 1.807) is 18.2 Å². The van der Waals surface area contributed by atoms with Gasteiger partial charge in [0.1, 0.15) is 0 Å². The number of amides is 3. The summed E-state index contributed by atoms with van der Waals surface area (Å²) in [6.45, 7) is 0.618. The summed E-state index contributed by atoms with van der Waals surface area (Å²) in [5, 5.41) is 3.79. The molecule has 0 spiro atoms. The third kappa shape index (κ3) is 4.97. The van der Waals surface area contributed by atoms with Gasteiger partial charge >= 0.3 is 5.97 Å². The second kappa shape index (κ2) is 9.38. The molecule has 4 rings (SSSR count). The predicted octanol–water partition coefficient (Wildman–Crippen LogP) is 1.80. The Kier molecular flexibility index (Phi) is 6.20. The van der Waals surface area contributed by atoms with Crippen LogP contribution in [0.25, 0.3) is 0 Å². The number of hydrazine groups is 1. The number of nitrogens with zero attached hydrogens (tertiary/aromatic N) is 1. The van der Waals surface area contributed by atoms with Crippen molar-refractivity contribution in [2.75, 3.05) is 30.1 Å². The van der Waals surface area contributed by atoms with Gasteiger partial charge in [-0.1, -0.05) is 0 Å². The van der Waals surface area contributed by atoms with Crippen molar-refractivity contribution < 1.29 is 33.4 Å². The minimum atomic E-state index is -0.695. The third-order valence-corrected chi connectivity index (χ3v) is 4.78. The van der Waals surface area contributed by atoms with Crippen LogP contribution in [0.2, 0.25) is 0 Å². The van der Waals surface area contributed by atoms with E-state index in [1.807, 2.05) is 0 Å². The van der Waals surface area contributed by atoms with Crippen LogP contribution < -0.4 is 25.2 Å². The molecule has 0 aromatic heterocycles. The average Bonchev–Trinajstić information content (AvgIpc) is 3.04. The molecule has 10 nitrogen and oxygen atoms in total. The van der Waals surface area contributed by atoms with Crippen LogP contribution in [-0.2, 0) is 19.1 Å².